The van der Waals surface area contributed by atoms with Gasteiger partial charge in [0.2, 0.25) is 0 Å². The van der Waals surface area contributed by atoms with Crippen LogP contribution < -0.4 is 13.8 Å². The van der Waals surface area contributed by atoms with Gasteiger partial charge in [0.05, 0.1) is 23.7 Å². The van der Waals surface area contributed by atoms with Gasteiger partial charge in [0.15, 0.2) is 6.29 Å². The number of anilines is 1. The maximum Gasteiger partial charge on any atom is 0.265 e. The van der Waals surface area contributed by atoms with Gasteiger partial charge in [-0.25, -0.2) is 8.42 Å². The molecule has 0 aromatic heterocycles. The van der Waals surface area contributed by atoms with Crippen molar-refractivity contribution in [3.05, 3.63) is 82.4 Å². The molecular weight excluding hydrogens is 548 g/mol. The fourth-order valence-corrected chi connectivity index (χ4v) is 7.93. The summed E-state index contributed by atoms with van der Waals surface area (Å²) in [4.78, 5) is 2.76. The second-order valence-electron chi connectivity index (χ2n) is 11.6. The number of hydrogen-bond donors (Lipinski definition) is 0. The predicted octanol–water partition coefficient (Wildman–Crippen LogP) is 6.70. The molecule has 1 unspecified atom stereocenters. The monoisotopic (exact) mass is 592 g/mol. The Kier molecular flexibility index (Phi) is 9.76. The molecule has 2 heterocycles. The number of sulfonamides is 1. The first-order chi connectivity index (χ1) is 20.2. The van der Waals surface area contributed by atoms with E-state index in [0.29, 0.717) is 23.8 Å². The van der Waals surface area contributed by atoms with Crippen LogP contribution in [-0.4, -0.2) is 52.5 Å². The predicted molar refractivity (Wildman–Crippen MR) is 167 cm³/mol. The summed E-state index contributed by atoms with van der Waals surface area (Å²) in [5.41, 5.74) is 4.94. The minimum atomic E-state index is -3.88. The van der Waals surface area contributed by atoms with E-state index in [-0.39, 0.29) is 12.8 Å². The number of likely N-dealkylation sites (tertiary alicyclic amines) is 1. The first-order valence-corrected chi connectivity index (χ1v) is 16.6. The molecule has 2 saturated heterocycles. The highest BCUT2D eigenvalue weighted by molar-refractivity contribution is 7.92. The van der Waals surface area contributed by atoms with E-state index >= 15 is 0 Å². The van der Waals surface area contributed by atoms with Crippen molar-refractivity contribution in [1.82, 2.24) is 4.90 Å². The Morgan fingerprint density at radius 3 is 2.24 bits per heavy atom. The van der Waals surface area contributed by atoms with Crippen molar-refractivity contribution >= 4 is 15.7 Å². The largest absolute Gasteiger partial charge is 0.492 e. The molecule has 0 N–H and O–H groups in total. The molecule has 0 saturated carbocycles. The third-order valence-electron chi connectivity index (χ3n) is 8.11. The van der Waals surface area contributed by atoms with Crippen molar-refractivity contribution in [1.29, 1.82) is 0 Å². The number of nitrogens with zero attached hydrogens (tertiary/aromatic N) is 2. The van der Waals surface area contributed by atoms with Gasteiger partial charge in [-0.05, 0) is 119 Å². The summed E-state index contributed by atoms with van der Waals surface area (Å²) in [7, 11) is -3.88. The van der Waals surface area contributed by atoms with Crippen LogP contribution in [0.3, 0.4) is 0 Å². The molecule has 7 nitrogen and oxygen atoms in total. The van der Waals surface area contributed by atoms with Crippen molar-refractivity contribution in [2.75, 3.05) is 37.2 Å². The summed E-state index contributed by atoms with van der Waals surface area (Å²) in [6, 6.07) is 17.1. The van der Waals surface area contributed by atoms with Crippen molar-refractivity contribution in [2.45, 2.75) is 77.5 Å². The molecule has 0 aliphatic carbocycles. The van der Waals surface area contributed by atoms with E-state index in [4.69, 9.17) is 14.2 Å². The van der Waals surface area contributed by atoms with Crippen LogP contribution >= 0.6 is 0 Å². The summed E-state index contributed by atoms with van der Waals surface area (Å²) in [6.07, 6.45) is 5.30. The summed E-state index contributed by atoms with van der Waals surface area (Å²) in [5, 5.41) is 0. The van der Waals surface area contributed by atoms with E-state index in [2.05, 4.69) is 4.90 Å². The second-order valence-corrected chi connectivity index (χ2v) is 13.4. The van der Waals surface area contributed by atoms with Crippen molar-refractivity contribution < 1.29 is 22.6 Å². The molecular formula is C34H44N2O5S. The zero-order valence-electron chi connectivity index (χ0n) is 25.4. The Hall–Kier alpha value is -3.07. The van der Waals surface area contributed by atoms with E-state index in [1.54, 1.807) is 0 Å². The molecule has 0 spiro atoms. The molecule has 42 heavy (non-hydrogen) atoms. The van der Waals surface area contributed by atoms with Crippen LogP contribution in [0.4, 0.5) is 5.69 Å². The van der Waals surface area contributed by atoms with Gasteiger partial charge >= 0.3 is 0 Å². The van der Waals surface area contributed by atoms with E-state index in [1.165, 1.54) is 17.1 Å². The highest BCUT2D eigenvalue weighted by atomic mass is 32.2. The molecule has 2 fully saturated rings. The minimum Gasteiger partial charge on any atom is -0.492 e. The molecule has 5 rings (SSSR count). The number of ether oxygens (including phenoxy) is 3. The molecule has 226 valence electrons. The minimum absolute atomic E-state index is 0.186. The lowest BCUT2D eigenvalue weighted by Crippen LogP contribution is -2.31. The van der Waals surface area contributed by atoms with Gasteiger partial charge in [-0.1, -0.05) is 29.8 Å². The third-order valence-corrected chi connectivity index (χ3v) is 10.2. The molecule has 3 aromatic rings. The quantitative estimate of drug-likeness (QED) is 0.247. The highest BCUT2D eigenvalue weighted by Gasteiger charge is 2.29. The molecule has 0 radical (unpaired) electrons. The van der Waals surface area contributed by atoms with Gasteiger partial charge in [0, 0.05) is 13.0 Å². The number of aryl methyl sites for hydroxylation is 4. The molecule has 8 heteroatoms. The van der Waals surface area contributed by atoms with Gasteiger partial charge in [-0.2, -0.15) is 0 Å². The van der Waals surface area contributed by atoms with E-state index in [0.717, 1.165) is 78.2 Å². The van der Waals surface area contributed by atoms with Crippen LogP contribution in [0.25, 0.3) is 0 Å². The summed E-state index contributed by atoms with van der Waals surface area (Å²) < 4.78 is 48.1. The lowest BCUT2D eigenvalue weighted by Gasteiger charge is -2.27. The maximum atomic E-state index is 14.4. The average molecular weight is 593 g/mol. The molecule has 3 aromatic carbocycles. The van der Waals surface area contributed by atoms with Crippen LogP contribution in [0, 0.1) is 27.7 Å². The Morgan fingerprint density at radius 1 is 0.881 bits per heavy atom. The third kappa shape index (κ3) is 7.28. The van der Waals surface area contributed by atoms with Crippen molar-refractivity contribution in [3.63, 3.8) is 0 Å². The van der Waals surface area contributed by atoms with Crippen LogP contribution in [-0.2, 0) is 21.3 Å². The van der Waals surface area contributed by atoms with E-state index < -0.39 is 10.0 Å². The zero-order chi connectivity index (χ0) is 29.7. The number of hydrogen-bond acceptors (Lipinski definition) is 6. The molecule has 1 atom stereocenters. The van der Waals surface area contributed by atoms with Crippen molar-refractivity contribution in [2.24, 2.45) is 0 Å². The van der Waals surface area contributed by atoms with Crippen LogP contribution in [0.5, 0.6) is 11.5 Å². The van der Waals surface area contributed by atoms with Gasteiger partial charge < -0.3 is 14.2 Å². The van der Waals surface area contributed by atoms with Crippen LogP contribution in [0.15, 0.2) is 59.5 Å². The topological polar surface area (TPSA) is 68.3 Å². The molecule has 0 bridgehead atoms. The van der Waals surface area contributed by atoms with Gasteiger partial charge in [-0.3, -0.25) is 9.21 Å². The van der Waals surface area contributed by atoms with Gasteiger partial charge in [0.25, 0.3) is 10.0 Å². The first kappa shape index (κ1) is 30.4. The molecule has 2 aliphatic heterocycles. The van der Waals surface area contributed by atoms with Crippen LogP contribution in [0.1, 0.15) is 59.9 Å². The molecule has 2 aliphatic rings. The SMILES string of the molecule is Cc1cc(C)c(S(=O)(=O)N(Cc2ccc(OC3CCCCO3)c(C)c2)c2ccc(OCCN3CCCC3)cc2)c(C)c1. The first-order valence-electron chi connectivity index (χ1n) is 15.1. The Balaban J connectivity index is 1.40. The standard InChI is InChI=1S/C34H44N2O5S/c1-25-21-27(3)34(28(4)22-25)42(37,38)36(30-11-13-31(14-12-30)39-20-18-35-16-6-7-17-35)24-29-10-15-32(26(2)23-29)41-33-9-5-8-19-40-33/h10-15,21-23,33H,5-9,16-20,24H2,1-4H3. The normalized spacial score (nSPS) is 17.8. The maximum absolute atomic E-state index is 14.4. The molecule has 0 amide bonds. The van der Waals surface area contributed by atoms with Gasteiger partial charge in [-0.15, -0.1) is 0 Å². The highest BCUT2D eigenvalue weighted by Crippen LogP contribution is 2.33. The lowest BCUT2D eigenvalue weighted by atomic mass is 10.1. The average Bonchev–Trinajstić information content (AvgIpc) is 3.47. The lowest BCUT2D eigenvalue weighted by molar-refractivity contribution is -0.106. The number of benzene rings is 3. The summed E-state index contributed by atoms with van der Waals surface area (Å²) in [5.74, 6) is 1.50. The number of rotatable bonds is 11. The van der Waals surface area contributed by atoms with Crippen molar-refractivity contribution in [3.8, 4) is 11.5 Å². The van der Waals surface area contributed by atoms with E-state index in [9.17, 15) is 8.42 Å². The van der Waals surface area contributed by atoms with E-state index in [1.807, 2.05) is 82.3 Å². The summed E-state index contributed by atoms with van der Waals surface area (Å²) >= 11 is 0. The Bertz CT molecular complexity index is 1440. The second kappa shape index (κ2) is 13.5. The fourth-order valence-electron chi connectivity index (χ4n) is 6.06. The zero-order valence-corrected chi connectivity index (χ0v) is 26.2. The fraction of sp³-hybridized carbons (Fsp3) is 0.471. The van der Waals surface area contributed by atoms with Crippen LogP contribution in [0.2, 0.25) is 0 Å². The Labute approximate surface area is 251 Å². The summed E-state index contributed by atoms with van der Waals surface area (Å²) in [6.45, 7) is 12.4. The smallest absolute Gasteiger partial charge is 0.265 e. The van der Waals surface area contributed by atoms with Gasteiger partial charge in [0.1, 0.15) is 18.1 Å². The Morgan fingerprint density at radius 2 is 1.60 bits per heavy atom.